The molecule has 1 aliphatic heterocycles. The molecule has 0 saturated carbocycles. The molecule has 0 unspecified atom stereocenters. The summed E-state index contributed by atoms with van der Waals surface area (Å²) in [6.07, 6.45) is 2.98. The third-order valence-electron chi connectivity index (χ3n) is 8.32. The number of fused-ring (bicyclic) bond motifs is 1. The number of carbonyl (C=O) groups is 1. The number of benzene rings is 3. The van der Waals surface area contributed by atoms with Gasteiger partial charge in [0.05, 0.1) is 25.3 Å². The Kier molecular flexibility index (Phi) is 9.03. The lowest BCUT2D eigenvalue weighted by Gasteiger charge is -2.33. The molecule has 1 saturated heterocycles. The quantitative estimate of drug-likeness (QED) is 0.253. The van der Waals surface area contributed by atoms with Gasteiger partial charge in [0.25, 0.3) is 5.56 Å². The zero-order valence-corrected chi connectivity index (χ0v) is 26.6. The molecule has 1 atom stereocenters. The molecule has 11 nitrogen and oxygen atoms in total. The molecule has 0 radical (unpaired) electrons. The predicted molar refractivity (Wildman–Crippen MR) is 176 cm³/mol. The molecule has 0 bridgehead atoms. The number of ether oxygens (including phenoxy) is 3. The van der Waals surface area contributed by atoms with Crippen LogP contribution in [0.1, 0.15) is 17.4 Å². The fourth-order valence-electron chi connectivity index (χ4n) is 5.60. The number of nitrogens with zero attached hydrogens (tertiary/aromatic N) is 5. The summed E-state index contributed by atoms with van der Waals surface area (Å²) in [4.78, 5) is 39.9. The van der Waals surface area contributed by atoms with Crippen LogP contribution in [0.5, 0.6) is 23.0 Å². The van der Waals surface area contributed by atoms with E-state index < -0.39 is 11.9 Å². The molecule has 1 aliphatic rings. The van der Waals surface area contributed by atoms with E-state index in [1.165, 1.54) is 37.1 Å². The van der Waals surface area contributed by atoms with Gasteiger partial charge in [0.15, 0.2) is 23.1 Å². The topological polar surface area (TPSA) is 111 Å². The van der Waals surface area contributed by atoms with E-state index in [0.29, 0.717) is 52.6 Å². The molecular weight excluding hydrogens is 603 g/mol. The number of likely N-dealkylation sites (N-methyl/N-ethyl adjacent to an activating group) is 1. The Labute approximate surface area is 271 Å². The van der Waals surface area contributed by atoms with Gasteiger partial charge in [-0.05, 0) is 42.4 Å². The Balaban J connectivity index is 1.29. The highest BCUT2D eigenvalue weighted by atomic mass is 19.1. The lowest BCUT2D eigenvalue weighted by molar-refractivity contribution is 0.152. The van der Waals surface area contributed by atoms with E-state index in [-0.39, 0.29) is 22.9 Å². The number of carbonyl (C=O) groups excluding carboxylic acids is 1. The van der Waals surface area contributed by atoms with Crippen molar-refractivity contribution in [2.45, 2.75) is 6.04 Å². The second-order valence-electron chi connectivity index (χ2n) is 11.3. The first kappa shape index (κ1) is 31.5. The van der Waals surface area contributed by atoms with E-state index in [1.807, 2.05) is 37.4 Å². The summed E-state index contributed by atoms with van der Waals surface area (Å²) in [6.45, 7) is 2.75. The average Bonchev–Trinajstić information content (AvgIpc) is 3.09. The lowest BCUT2D eigenvalue weighted by Crippen LogP contribution is -2.51. The highest BCUT2D eigenvalue weighted by Crippen LogP contribution is 2.37. The zero-order valence-electron chi connectivity index (χ0n) is 26.6. The molecule has 47 heavy (non-hydrogen) atoms. The van der Waals surface area contributed by atoms with E-state index in [4.69, 9.17) is 14.2 Å². The number of piperazine rings is 1. The standard InChI is InChI=1S/C35H35FN6O5/c1-40-14-16-42(17-15-40)35(44)39-32(22-8-6-5-7-9-22)33-38-21-25(34(43)41(33)2)23-10-11-29(26(36)18-23)47-28-12-13-37-27-20-31(46-4)30(45-3)19-24(27)28/h5-13,18-21,32H,14-17H2,1-4H3,(H,39,44)/t32-/m0/s1. The van der Waals surface area contributed by atoms with E-state index in [1.54, 1.807) is 42.4 Å². The number of amides is 2. The van der Waals surface area contributed by atoms with Crippen molar-refractivity contribution in [3.8, 4) is 34.1 Å². The summed E-state index contributed by atoms with van der Waals surface area (Å²) in [5, 5.41) is 3.68. The van der Waals surface area contributed by atoms with Crippen LogP contribution in [-0.4, -0.2) is 77.8 Å². The van der Waals surface area contributed by atoms with Gasteiger partial charge in [-0.15, -0.1) is 0 Å². The number of aromatic nitrogens is 3. The molecule has 0 aliphatic carbocycles. The first-order chi connectivity index (χ1) is 22.8. The highest BCUT2D eigenvalue weighted by molar-refractivity contribution is 5.88. The van der Waals surface area contributed by atoms with Crippen LogP contribution in [0.25, 0.3) is 22.0 Å². The maximum atomic E-state index is 15.5. The van der Waals surface area contributed by atoms with E-state index >= 15 is 4.39 Å². The smallest absolute Gasteiger partial charge is 0.318 e. The first-order valence-electron chi connectivity index (χ1n) is 15.1. The molecule has 242 valence electrons. The molecular formula is C35H35FN6O5. The van der Waals surface area contributed by atoms with Crippen molar-refractivity contribution in [2.24, 2.45) is 7.05 Å². The second kappa shape index (κ2) is 13.5. The minimum atomic E-state index is -0.684. The van der Waals surface area contributed by atoms with Crippen LogP contribution >= 0.6 is 0 Å². The summed E-state index contributed by atoms with van der Waals surface area (Å²) >= 11 is 0. The van der Waals surface area contributed by atoms with Crippen molar-refractivity contribution in [3.63, 3.8) is 0 Å². The molecule has 2 aromatic heterocycles. The summed E-state index contributed by atoms with van der Waals surface area (Å²) in [5.41, 5.74) is 1.50. The monoisotopic (exact) mass is 638 g/mol. The minimum absolute atomic E-state index is 0.0341. The van der Waals surface area contributed by atoms with Crippen LogP contribution in [0.15, 0.2) is 83.9 Å². The van der Waals surface area contributed by atoms with Gasteiger partial charge < -0.3 is 29.3 Å². The van der Waals surface area contributed by atoms with Crippen LogP contribution in [0.4, 0.5) is 9.18 Å². The van der Waals surface area contributed by atoms with Crippen LogP contribution in [0, 0.1) is 5.82 Å². The Morgan fingerprint density at radius 2 is 1.60 bits per heavy atom. The number of methoxy groups -OCH3 is 2. The third-order valence-corrected chi connectivity index (χ3v) is 8.32. The number of urea groups is 1. The van der Waals surface area contributed by atoms with Gasteiger partial charge in [-0.3, -0.25) is 14.3 Å². The molecule has 5 aromatic rings. The van der Waals surface area contributed by atoms with Crippen molar-refractivity contribution in [3.05, 3.63) is 107 Å². The number of nitrogens with one attached hydrogen (secondary N) is 1. The molecule has 3 heterocycles. The molecule has 2 amide bonds. The Morgan fingerprint density at radius 3 is 2.30 bits per heavy atom. The number of halogens is 1. The molecule has 1 fully saturated rings. The van der Waals surface area contributed by atoms with Gasteiger partial charge in [-0.2, -0.15) is 0 Å². The Hall–Kier alpha value is -5.49. The fraction of sp³-hybridized carbons (Fsp3) is 0.257. The first-order valence-corrected chi connectivity index (χ1v) is 15.1. The van der Waals surface area contributed by atoms with E-state index in [9.17, 15) is 9.59 Å². The number of pyridine rings is 1. The number of hydrogen-bond acceptors (Lipinski definition) is 8. The maximum absolute atomic E-state index is 15.5. The molecule has 6 rings (SSSR count). The van der Waals surface area contributed by atoms with Gasteiger partial charge in [0.2, 0.25) is 0 Å². The fourth-order valence-corrected chi connectivity index (χ4v) is 5.60. The summed E-state index contributed by atoms with van der Waals surface area (Å²) in [5.74, 6) is 1.01. The van der Waals surface area contributed by atoms with Crippen molar-refractivity contribution >= 4 is 16.9 Å². The second-order valence-corrected chi connectivity index (χ2v) is 11.3. The number of hydrogen-bond donors (Lipinski definition) is 1. The van der Waals surface area contributed by atoms with Crippen LogP contribution in [0.2, 0.25) is 0 Å². The van der Waals surface area contributed by atoms with Crippen LogP contribution in [-0.2, 0) is 7.05 Å². The lowest BCUT2D eigenvalue weighted by atomic mass is 10.0. The SMILES string of the molecule is COc1cc2nccc(Oc3ccc(-c4cnc([C@@H](NC(=O)N5CCN(C)CC5)c5ccccc5)n(C)c4=O)cc3F)c2cc1OC. The summed E-state index contributed by atoms with van der Waals surface area (Å²) in [6, 6.07) is 17.8. The zero-order chi connectivity index (χ0) is 33.1. The third kappa shape index (κ3) is 6.45. The number of rotatable bonds is 8. The van der Waals surface area contributed by atoms with Crippen molar-refractivity contribution in [1.82, 2.24) is 29.7 Å². The molecule has 1 N–H and O–H groups in total. The van der Waals surface area contributed by atoms with Crippen LogP contribution in [0.3, 0.4) is 0 Å². The summed E-state index contributed by atoms with van der Waals surface area (Å²) < 4.78 is 33.7. The maximum Gasteiger partial charge on any atom is 0.318 e. The van der Waals surface area contributed by atoms with E-state index in [2.05, 4.69) is 20.2 Å². The van der Waals surface area contributed by atoms with Crippen molar-refractivity contribution in [1.29, 1.82) is 0 Å². The van der Waals surface area contributed by atoms with Crippen molar-refractivity contribution in [2.75, 3.05) is 47.4 Å². The Bertz CT molecular complexity index is 1980. The minimum Gasteiger partial charge on any atom is -0.493 e. The molecule has 0 spiro atoms. The average molecular weight is 639 g/mol. The van der Waals surface area contributed by atoms with E-state index in [0.717, 1.165) is 18.7 Å². The van der Waals surface area contributed by atoms with Gasteiger partial charge in [0, 0.05) is 57.1 Å². The summed E-state index contributed by atoms with van der Waals surface area (Å²) in [7, 11) is 6.68. The van der Waals surface area contributed by atoms with Gasteiger partial charge in [-0.1, -0.05) is 36.4 Å². The van der Waals surface area contributed by atoms with Crippen LogP contribution < -0.4 is 25.1 Å². The van der Waals surface area contributed by atoms with Crippen molar-refractivity contribution < 1.29 is 23.4 Å². The Morgan fingerprint density at radius 1 is 0.872 bits per heavy atom. The van der Waals surface area contributed by atoms with Gasteiger partial charge in [-0.25, -0.2) is 14.2 Å². The normalized spacial score (nSPS) is 14.1. The molecule has 3 aromatic carbocycles. The van der Waals surface area contributed by atoms with Gasteiger partial charge >= 0.3 is 6.03 Å². The van der Waals surface area contributed by atoms with Gasteiger partial charge in [0.1, 0.15) is 17.6 Å². The predicted octanol–water partition coefficient (Wildman–Crippen LogP) is 4.99. The largest absolute Gasteiger partial charge is 0.493 e. The highest BCUT2D eigenvalue weighted by Gasteiger charge is 2.26. The molecule has 12 heteroatoms.